The summed E-state index contributed by atoms with van der Waals surface area (Å²) in [6, 6.07) is 12.0. The van der Waals surface area contributed by atoms with Crippen molar-refractivity contribution in [2.24, 2.45) is 0 Å². The number of ether oxygens (including phenoxy) is 1. The lowest BCUT2D eigenvalue weighted by Gasteiger charge is -2.20. The van der Waals surface area contributed by atoms with Crippen LogP contribution in [0.1, 0.15) is 28.1 Å². The van der Waals surface area contributed by atoms with Crippen LogP contribution >= 0.6 is 11.3 Å². The third kappa shape index (κ3) is 3.27. The van der Waals surface area contributed by atoms with Crippen molar-refractivity contribution in [3.8, 4) is 0 Å². The third-order valence-electron chi connectivity index (χ3n) is 4.77. The van der Waals surface area contributed by atoms with Gasteiger partial charge in [-0.05, 0) is 30.7 Å². The lowest BCUT2D eigenvalue weighted by molar-refractivity contribution is -0.117. The van der Waals surface area contributed by atoms with Crippen molar-refractivity contribution in [3.05, 3.63) is 58.7 Å². The Kier molecular flexibility index (Phi) is 5.11. The Morgan fingerprint density at radius 1 is 1.25 bits per heavy atom. The molecule has 0 radical (unpaired) electrons. The first-order valence-corrected chi connectivity index (χ1v) is 9.81. The Morgan fingerprint density at radius 3 is 2.82 bits per heavy atom. The van der Waals surface area contributed by atoms with Crippen LogP contribution in [0.15, 0.2) is 42.5 Å². The number of carbonyl (C=O) groups excluding carboxylic acids is 2. The number of nitrogens with one attached hydrogen (secondary N) is 1. The normalized spacial score (nSPS) is 14.1. The van der Waals surface area contributed by atoms with Gasteiger partial charge in [-0.15, -0.1) is 11.3 Å². The van der Waals surface area contributed by atoms with Crippen molar-refractivity contribution >= 4 is 44.6 Å². The monoisotopic (exact) mass is 398 g/mol. The van der Waals surface area contributed by atoms with Crippen molar-refractivity contribution in [3.63, 3.8) is 0 Å². The zero-order valence-electron chi connectivity index (χ0n) is 15.3. The van der Waals surface area contributed by atoms with Crippen LogP contribution in [-0.2, 0) is 16.1 Å². The molecule has 0 saturated carbocycles. The van der Waals surface area contributed by atoms with E-state index in [0.717, 1.165) is 6.42 Å². The van der Waals surface area contributed by atoms with Crippen molar-refractivity contribution < 1.29 is 18.7 Å². The molecule has 1 N–H and O–H groups in total. The van der Waals surface area contributed by atoms with Gasteiger partial charge in [-0.1, -0.05) is 18.2 Å². The molecule has 0 spiro atoms. The van der Waals surface area contributed by atoms with Crippen LogP contribution in [0, 0.1) is 5.82 Å². The number of halogens is 1. The van der Waals surface area contributed by atoms with Crippen molar-refractivity contribution in [1.82, 2.24) is 0 Å². The summed E-state index contributed by atoms with van der Waals surface area (Å²) in [5.41, 5.74) is 1.77. The molecule has 1 aliphatic heterocycles. The molecule has 5 nitrogen and oxygen atoms in total. The third-order valence-corrected chi connectivity index (χ3v) is 5.97. The molecule has 1 aliphatic rings. The van der Waals surface area contributed by atoms with Gasteiger partial charge in [0.05, 0.1) is 22.9 Å². The second-order valence-electron chi connectivity index (χ2n) is 6.58. The number of hydrogen-bond donors (Lipinski definition) is 1. The van der Waals surface area contributed by atoms with Crippen LogP contribution < -0.4 is 10.2 Å². The van der Waals surface area contributed by atoms with Gasteiger partial charge in [0.1, 0.15) is 5.82 Å². The second-order valence-corrected chi connectivity index (χ2v) is 7.63. The van der Waals surface area contributed by atoms with Gasteiger partial charge >= 0.3 is 0 Å². The molecule has 28 heavy (non-hydrogen) atoms. The molecule has 3 aromatic rings. The van der Waals surface area contributed by atoms with Crippen molar-refractivity contribution in [2.75, 3.05) is 23.9 Å². The highest BCUT2D eigenvalue weighted by Crippen LogP contribution is 2.35. The fourth-order valence-electron chi connectivity index (χ4n) is 3.53. The standard InChI is InChI=1S/C21H19FN2O3S/c1-27-12-13-19-14(22)6-4-9-17(19)28-20(13)21(26)23-15-7-2-3-8-16(15)24-11-5-10-18(24)25/h2-4,6-9H,5,10-12H2,1H3,(H,23,26). The number of benzene rings is 2. The first-order valence-electron chi connectivity index (χ1n) is 8.99. The van der Waals surface area contributed by atoms with Gasteiger partial charge in [0, 0.05) is 35.7 Å². The van der Waals surface area contributed by atoms with Gasteiger partial charge in [-0.2, -0.15) is 0 Å². The zero-order valence-corrected chi connectivity index (χ0v) is 16.1. The number of amides is 2. The number of nitrogens with zero attached hydrogens (tertiary/aromatic N) is 1. The number of rotatable bonds is 5. The van der Waals surface area contributed by atoms with Crippen molar-refractivity contribution in [1.29, 1.82) is 0 Å². The highest BCUT2D eigenvalue weighted by Gasteiger charge is 2.26. The summed E-state index contributed by atoms with van der Waals surface area (Å²) >= 11 is 1.23. The summed E-state index contributed by atoms with van der Waals surface area (Å²) in [6.07, 6.45) is 1.31. The smallest absolute Gasteiger partial charge is 0.266 e. The molecule has 4 rings (SSSR count). The van der Waals surface area contributed by atoms with E-state index in [0.29, 0.717) is 44.9 Å². The number of carbonyl (C=O) groups is 2. The Hall–Kier alpha value is -2.77. The molecule has 0 unspecified atom stereocenters. The first kappa shape index (κ1) is 18.6. The number of thiophene rings is 1. The Labute approximate surface area is 165 Å². The summed E-state index contributed by atoms with van der Waals surface area (Å²) < 4.78 is 20.3. The van der Waals surface area contributed by atoms with E-state index in [-0.39, 0.29) is 24.2 Å². The summed E-state index contributed by atoms with van der Waals surface area (Å²) in [5, 5.41) is 3.32. The Bertz CT molecular complexity index is 1060. The predicted molar refractivity (Wildman–Crippen MR) is 108 cm³/mol. The molecule has 1 aromatic heterocycles. The maximum atomic E-state index is 14.4. The van der Waals surface area contributed by atoms with E-state index in [2.05, 4.69) is 5.32 Å². The fraction of sp³-hybridized carbons (Fsp3) is 0.238. The van der Waals surface area contributed by atoms with Crippen LogP contribution in [0.5, 0.6) is 0 Å². The number of anilines is 2. The molecular weight excluding hydrogens is 379 g/mol. The summed E-state index contributed by atoms with van der Waals surface area (Å²) in [4.78, 5) is 27.3. The average Bonchev–Trinajstić information content (AvgIpc) is 3.27. The number of fused-ring (bicyclic) bond motifs is 1. The second kappa shape index (κ2) is 7.69. The van der Waals surface area contributed by atoms with E-state index >= 15 is 0 Å². The van der Waals surface area contributed by atoms with E-state index < -0.39 is 0 Å². The van der Waals surface area contributed by atoms with Gasteiger partial charge in [0.15, 0.2) is 0 Å². The summed E-state index contributed by atoms with van der Waals surface area (Å²) in [7, 11) is 1.51. The lowest BCUT2D eigenvalue weighted by Crippen LogP contribution is -2.25. The van der Waals surface area contributed by atoms with Gasteiger partial charge in [-0.3, -0.25) is 9.59 Å². The fourth-order valence-corrected chi connectivity index (χ4v) is 4.65. The molecule has 2 amide bonds. The predicted octanol–water partition coefficient (Wildman–Crippen LogP) is 4.57. The average molecular weight is 398 g/mol. The van der Waals surface area contributed by atoms with Crippen molar-refractivity contribution in [2.45, 2.75) is 19.4 Å². The van der Waals surface area contributed by atoms with Gasteiger partial charge in [0.2, 0.25) is 5.91 Å². The van der Waals surface area contributed by atoms with Crippen LogP contribution in [0.4, 0.5) is 15.8 Å². The molecule has 2 heterocycles. The van der Waals surface area contributed by atoms with Gasteiger partial charge < -0.3 is 15.0 Å². The largest absolute Gasteiger partial charge is 0.380 e. The molecule has 0 bridgehead atoms. The molecule has 1 saturated heterocycles. The number of methoxy groups -OCH3 is 1. The quantitative estimate of drug-likeness (QED) is 0.685. The van der Waals surface area contributed by atoms with E-state index in [9.17, 15) is 14.0 Å². The highest BCUT2D eigenvalue weighted by molar-refractivity contribution is 7.21. The molecule has 2 aromatic carbocycles. The SMILES string of the molecule is COCc1c(C(=O)Nc2ccccc2N2CCCC2=O)sc2cccc(F)c12. The molecule has 0 aliphatic carbocycles. The van der Waals surface area contributed by atoms with Gasteiger partial charge in [0.25, 0.3) is 5.91 Å². The maximum Gasteiger partial charge on any atom is 0.266 e. The van der Waals surface area contributed by atoms with Crippen LogP contribution in [-0.4, -0.2) is 25.5 Å². The number of hydrogen-bond acceptors (Lipinski definition) is 4. The van der Waals surface area contributed by atoms with Crippen LogP contribution in [0.2, 0.25) is 0 Å². The van der Waals surface area contributed by atoms with E-state index in [1.165, 1.54) is 24.5 Å². The Morgan fingerprint density at radius 2 is 2.07 bits per heavy atom. The minimum absolute atomic E-state index is 0.0469. The minimum atomic E-state index is -0.372. The zero-order chi connectivity index (χ0) is 19.7. The van der Waals surface area contributed by atoms with E-state index in [4.69, 9.17) is 4.74 Å². The number of para-hydroxylation sites is 2. The molecule has 1 fully saturated rings. The maximum absolute atomic E-state index is 14.4. The van der Waals surface area contributed by atoms with Crippen LogP contribution in [0.3, 0.4) is 0 Å². The summed E-state index contributed by atoms with van der Waals surface area (Å²) in [5.74, 6) is -0.666. The summed E-state index contributed by atoms with van der Waals surface area (Å²) in [6.45, 7) is 0.769. The first-order chi connectivity index (χ1) is 13.6. The van der Waals surface area contributed by atoms with Gasteiger partial charge in [-0.25, -0.2) is 4.39 Å². The van der Waals surface area contributed by atoms with E-state index in [1.54, 1.807) is 29.2 Å². The lowest BCUT2D eigenvalue weighted by atomic mass is 10.1. The van der Waals surface area contributed by atoms with Crippen LogP contribution in [0.25, 0.3) is 10.1 Å². The van der Waals surface area contributed by atoms with E-state index in [1.807, 2.05) is 12.1 Å². The molecular formula is C21H19FN2O3S. The minimum Gasteiger partial charge on any atom is -0.380 e. The molecule has 0 atom stereocenters. The molecule has 7 heteroatoms. The Balaban J connectivity index is 1.71. The molecule has 144 valence electrons. The highest BCUT2D eigenvalue weighted by atomic mass is 32.1. The topological polar surface area (TPSA) is 58.6 Å².